The van der Waals surface area contributed by atoms with Gasteiger partial charge in [0.1, 0.15) is 5.75 Å². The summed E-state index contributed by atoms with van der Waals surface area (Å²) < 4.78 is 10.7. The molecular formula is C19H26N4O3. The first-order chi connectivity index (χ1) is 12.7. The minimum atomic E-state index is -0.0499. The second kappa shape index (κ2) is 9.33. The van der Waals surface area contributed by atoms with Crippen LogP contribution in [0.4, 0.5) is 0 Å². The standard InChI is InChI=1S/C19H26N4O3/c1-2-18-22-17(23-26-18)13-25-16-7-5-15(6-8-16)19(24)21-11-9-14-4-3-10-20-12-14/h5-8,14,20H,2-4,9-13H2,1H3,(H,21,24). The van der Waals surface area contributed by atoms with Crippen LogP contribution in [-0.4, -0.2) is 35.7 Å². The van der Waals surface area contributed by atoms with Crippen LogP contribution in [-0.2, 0) is 13.0 Å². The van der Waals surface area contributed by atoms with Crippen LogP contribution < -0.4 is 15.4 Å². The van der Waals surface area contributed by atoms with Crippen molar-refractivity contribution in [3.63, 3.8) is 0 Å². The van der Waals surface area contributed by atoms with Crippen LogP contribution in [0.2, 0.25) is 0 Å². The molecule has 7 nitrogen and oxygen atoms in total. The molecule has 0 saturated carbocycles. The van der Waals surface area contributed by atoms with Gasteiger partial charge in [0.15, 0.2) is 6.61 Å². The number of aryl methyl sites for hydroxylation is 1. The summed E-state index contributed by atoms with van der Waals surface area (Å²) in [7, 11) is 0. The second-order valence-electron chi connectivity index (χ2n) is 6.53. The molecule has 140 valence electrons. The van der Waals surface area contributed by atoms with Crippen LogP contribution >= 0.6 is 0 Å². The molecule has 3 rings (SSSR count). The maximum Gasteiger partial charge on any atom is 0.251 e. The van der Waals surface area contributed by atoms with Crippen LogP contribution in [0.3, 0.4) is 0 Å². The molecule has 1 aliphatic rings. The zero-order valence-electron chi connectivity index (χ0n) is 15.2. The summed E-state index contributed by atoms with van der Waals surface area (Å²) in [5.74, 6) is 2.39. The minimum absolute atomic E-state index is 0.0499. The largest absolute Gasteiger partial charge is 0.485 e. The summed E-state index contributed by atoms with van der Waals surface area (Å²) in [5.41, 5.74) is 0.631. The zero-order chi connectivity index (χ0) is 18.2. The monoisotopic (exact) mass is 358 g/mol. The Morgan fingerprint density at radius 2 is 2.23 bits per heavy atom. The van der Waals surface area contributed by atoms with Crippen molar-refractivity contribution < 1.29 is 14.1 Å². The van der Waals surface area contributed by atoms with Crippen LogP contribution in [0.5, 0.6) is 5.75 Å². The van der Waals surface area contributed by atoms with Gasteiger partial charge < -0.3 is 19.9 Å². The second-order valence-corrected chi connectivity index (χ2v) is 6.53. The molecular weight excluding hydrogens is 332 g/mol. The number of carbonyl (C=O) groups excluding carboxylic acids is 1. The van der Waals surface area contributed by atoms with Crippen molar-refractivity contribution in [3.05, 3.63) is 41.5 Å². The topological polar surface area (TPSA) is 89.3 Å². The van der Waals surface area contributed by atoms with Gasteiger partial charge in [-0.05, 0) is 62.5 Å². The van der Waals surface area contributed by atoms with E-state index in [2.05, 4.69) is 20.8 Å². The summed E-state index contributed by atoms with van der Waals surface area (Å²) in [6, 6.07) is 7.09. The SMILES string of the molecule is CCc1nc(COc2ccc(C(=O)NCCC3CCCNC3)cc2)no1. The third-order valence-corrected chi connectivity index (χ3v) is 4.53. The van der Waals surface area contributed by atoms with Gasteiger partial charge in [-0.1, -0.05) is 12.1 Å². The third kappa shape index (κ3) is 5.29. The van der Waals surface area contributed by atoms with Crippen LogP contribution in [0.1, 0.15) is 48.3 Å². The maximum atomic E-state index is 12.2. The number of benzene rings is 1. The highest BCUT2D eigenvalue weighted by atomic mass is 16.5. The van der Waals surface area contributed by atoms with Gasteiger partial charge in [-0.2, -0.15) is 4.98 Å². The molecule has 1 aromatic heterocycles. The Kier molecular flexibility index (Phi) is 6.60. The van der Waals surface area contributed by atoms with Gasteiger partial charge >= 0.3 is 0 Å². The Morgan fingerprint density at radius 3 is 2.92 bits per heavy atom. The van der Waals surface area contributed by atoms with Crippen molar-refractivity contribution >= 4 is 5.91 Å². The van der Waals surface area contributed by atoms with Crippen LogP contribution in [0, 0.1) is 5.92 Å². The maximum absolute atomic E-state index is 12.2. The molecule has 2 aromatic rings. The molecule has 7 heteroatoms. The molecule has 2 N–H and O–H groups in total. The van der Waals surface area contributed by atoms with Gasteiger partial charge in [0.05, 0.1) is 0 Å². The zero-order valence-corrected chi connectivity index (χ0v) is 15.2. The third-order valence-electron chi connectivity index (χ3n) is 4.53. The number of rotatable bonds is 8. The molecule has 1 amide bonds. The molecule has 1 unspecified atom stereocenters. The molecule has 0 radical (unpaired) electrons. The first-order valence-electron chi connectivity index (χ1n) is 9.28. The number of ether oxygens (including phenoxy) is 1. The van der Waals surface area contributed by atoms with E-state index in [-0.39, 0.29) is 12.5 Å². The van der Waals surface area contributed by atoms with Crippen molar-refractivity contribution in [2.24, 2.45) is 5.92 Å². The highest BCUT2D eigenvalue weighted by molar-refractivity contribution is 5.94. The molecule has 1 atom stereocenters. The van der Waals surface area contributed by atoms with E-state index in [0.717, 1.165) is 19.5 Å². The molecule has 0 spiro atoms. The quantitative estimate of drug-likeness (QED) is 0.753. The predicted octanol–water partition coefficient (Wildman–Crippen LogP) is 2.33. The number of aromatic nitrogens is 2. The Labute approximate surface area is 153 Å². The lowest BCUT2D eigenvalue weighted by atomic mass is 9.96. The van der Waals surface area contributed by atoms with E-state index in [4.69, 9.17) is 9.26 Å². The molecule has 1 saturated heterocycles. The summed E-state index contributed by atoms with van der Waals surface area (Å²) in [5, 5.41) is 10.2. The molecule has 0 bridgehead atoms. The highest BCUT2D eigenvalue weighted by Gasteiger charge is 2.13. The van der Waals surface area contributed by atoms with Crippen molar-refractivity contribution in [1.82, 2.24) is 20.8 Å². The number of hydrogen-bond donors (Lipinski definition) is 2. The molecule has 2 heterocycles. The Morgan fingerprint density at radius 1 is 1.38 bits per heavy atom. The fourth-order valence-electron chi connectivity index (χ4n) is 3.01. The Bertz CT molecular complexity index is 693. The molecule has 0 aliphatic carbocycles. The van der Waals surface area contributed by atoms with E-state index in [9.17, 15) is 4.79 Å². The molecule has 1 aromatic carbocycles. The van der Waals surface area contributed by atoms with Gasteiger partial charge in [-0.15, -0.1) is 0 Å². The van der Waals surface area contributed by atoms with Crippen molar-refractivity contribution in [1.29, 1.82) is 0 Å². The van der Waals surface area contributed by atoms with E-state index in [1.165, 1.54) is 12.8 Å². The highest BCUT2D eigenvalue weighted by Crippen LogP contribution is 2.15. The summed E-state index contributed by atoms with van der Waals surface area (Å²) in [6.07, 6.45) is 4.19. The van der Waals surface area contributed by atoms with Crippen molar-refractivity contribution in [3.8, 4) is 5.75 Å². The fraction of sp³-hybridized carbons (Fsp3) is 0.526. The molecule has 1 fully saturated rings. The number of hydrogen-bond acceptors (Lipinski definition) is 6. The fourth-order valence-corrected chi connectivity index (χ4v) is 3.01. The normalized spacial score (nSPS) is 17.0. The first kappa shape index (κ1) is 18.4. The summed E-state index contributed by atoms with van der Waals surface area (Å²) >= 11 is 0. The lowest BCUT2D eigenvalue weighted by Crippen LogP contribution is -2.33. The summed E-state index contributed by atoms with van der Waals surface area (Å²) in [6.45, 7) is 5.07. The Hall–Kier alpha value is -2.41. The van der Waals surface area contributed by atoms with Gasteiger partial charge in [-0.3, -0.25) is 4.79 Å². The average molecular weight is 358 g/mol. The van der Waals surface area contributed by atoms with E-state index in [0.29, 0.717) is 41.9 Å². The van der Waals surface area contributed by atoms with E-state index in [1.54, 1.807) is 24.3 Å². The van der Waals surface area contributed by atoms with Gasteiger partial charge in [-0.25, -0.2) is 0 Å². The summed E-state index contributed by atoms with van der Waals surface area (Å²) in [4.78, 5) is 16.4. The van der Waals surface area contributed by atoms with Gasteiger partial charge in [0.2, 0.25) is 11.7 Å². The number of amides is 1. The van der Waals surface area contributed by atoms with Gasteiger partial charge in [0.25, 0.3) is 5.91 Å². The van der Waals surface area contributed by atoms with Crippen molar-refractivity contribution in [2.45, 2.75) is 39.2 Å². The smallest absolute Gasteiger partial charge is 0.251 e. The van der Waals surface area contributed by atoms with Crippen LogP contribution in [0.25, 0.3) is 0 Å². The predicted molar refractivity (Wildman–Crippen MR) is 97.0 cm³/mol. The lowest BCUT2D eigenvalue weighted by Gasteiger charge is -2.22. The first-order valence-corrected chi connectivity index (χ1v) is 9.28. The van der Waals surface area contributed by atoms with Crippen LogP contribution in [0.15, 0.2) is 28.8 Å². The van der Waals surface area contributed by atoms with Crippen molar-refractivity contribution in [2.75, 3.05) is 19.6 Å². The van der Waals surface area contributed by atoms with E-state index < -0.39 is 0 Å². The Balaban J connectivity index is 1.41. The van der Waals surface area contributed by atoms with Gasteiger partial charge in [0, 0.05) is 18.5 Å². The number of nitrogens with zero attached hydrogens (tertiary/aromatic N) is 2. The number of carbonyl (C=O) groups is 1. The van der Waals surface area contributed by atoms with E-state index in [1.807, 2.05) is 6.92 Å². The average Bonchev–Trinajstić information content (AvgIpc) is 3.16. The number of nitrogens with one attached hydrogen (secondary N) is 2. The lowest BCUT2D eigenvalue weighted by molar-refractivity contribution is 0.0950. The van der Waals surface area contributed by atoms with E-state index >= 15 is 0 Å². The number of piperidine rings is 1. The molecule has 26 heavy (non-hydrogen) atoms. The minimum Gasteiger partial charge on any atom is -0.485 e. The molecule has 1 aliphatic heterocycles.